The average molecular weight is 388 g/mol. The second kappa shape index (κ2) is 6.53. The first-order valence-electron chi connectivity index (χ1n) is 9.30. The van der Waals surface area contributed by atoms with Gasteiger partial charge in [-0.1, -0.05) is 39.0 Å². The molecule has 6 heteroatoms. The molecule has 2 aliphatic heterocycles. The van der Waals surface area contributed by atoms with E-state index in [1.54, 1.807) is 24.3 Å². The molecule has 0 saturated carbocycles. The summed E-state index contributed by atoms with van der Waals surface area (Å²) in [5.74, 6) is 1.38. The second-order valence-electron chi connectivity index (χ2n) is 8.27. The summed E-state index contributed by atoms with van der Waals surface area (Å²) in [4.78, 5) is 0.148. The van der Waals surface area contributed by atoms with Crippen LogP contribution in [-0.4, -0.2) is 27.6 Å². The zero-order chi connectivity index (χ0) is 19.2. The summed E-state index contributed by atoms with van der Waals surface area (Å²) in [5.41, 5.74) is 2.18. The molecule has 27 heavy (non-hydrogen) atoms. The van der Waals surface area contributed by atoms with E-state index in [1.807, 2.05) is 18.2 Å². The van der Waals surface area contributed by atoms with Gasteiger partial charge in [-0.2, -0.15) is 8.42 Å². The maximum absolute atomic E-state index is 12.6. The molecule has 4 rings (SSSR count). The monoisotopic (exact) mass is 387 g/mol. The summed E-state index contributed by atoms with van der Waals surface area (Å²) >= 11 is 0. The normalized spacial score (nSPS) is 21.9. The van der Waals surface area contributed by atoms with Gasteiger partial charge in [0, 0.05) is 24.1 Å². The molecule has 0 aliphatic carbocycles. The molecule has 2 heterocycles. The van der Waals surface area contributed by atoms with Crippen molar-refractivity contribution in [3.63, 3.8) is 0 Å². The van der Waals surface area contributed by atoms with Crippen molar-refractivity contribution in [3.05, 3.63) is 53.6 Å². The molecule has 0 bridgehead atoms. The van der Waals surface area contributed by atoms with Crippen LogP contribution >= 0.6 is 0 Å². The first kappa shape index (κ1) is 18.3. The Hall–Kier alpha value is -2.05. The number of nitrogens with one attached hydrogen (secondary N) is 1. The maximum Gasteiger partial charge on any atom is 0.339 e. The molecule has 0 radical (unpaired) electrons. The molecule has 5 nitrogen and oxygen atoms in total. The summed E-state index contributed by atoms with van der Waals surface area (Å²) in [6.07, 6.45) is 1.14. The number of fused-ring (bicyclic) bond motifs is 3. The molecule has 2 aliphatic rings. The molecule has 144 valence electrons. The molecule has 1 saturated heterocycles. The number of ether oxygens (including phenoxy) is 1. The van der Waals surface area contributed by atoms with Crippen molar-refractivity contribution in [1.82, 2.24) is 5.32 Å². The van der Waals surface area contributed by atoms with Crippen LogP contribution in [0.3, 0.4) is 0 Å². The minimum Gasteiger partial charge on any atom is -0.488 e. The van der Waals surface area contributed by atoms with E-state index in [0.717, 1.165) is 36.4 Å². The van der Waals surface area contributed by atoms with E-state index in [9.17, 15) is 8.42 Å². The summed E-state index contributed by atoms with van der Waals surface area (Å²) < 4.78 is 36.6. The van der Waals surface area contributed by atoms with Crippen LogP contribution in [0, 0.1) is 0 Å². The van der Waals surface area contributed by atoms with Gasteiger partial charge in [0.15, 0.2) is 0 Å². The zero-order valence-electron chi connectivity index (χ0n) is 15.9. The Morgan fingerprint density at radius 1 is 1.11 bits per heavy atom. The van der Waals surface area contributed by atoms with E-state index in [1.165, 1.54) is 0 Å². The van der Waals surface area contributed by atoms with Gasteiger partial charge in [-0.05, 0) is 42.1 Å². The average Bonchev–Trinajstić information content (AvgIpc) is 2.98. The summed E-state index contributed by atoms with van der Waals surface area (Å²) in [6, 6.07) is 12.2. The molecule has 0 aromatic heterocycles. The lowest BCUT2D eigenvalue weighted by molar-refractivity contribution is 0.176. The van der Waals surface area contributed by atoms with Gasteiger partial charge in [-0.15, -0.1) is 0 Å². The van der Waals surface area contributed by atoms with Crippen LogP contribution in [0.5, 0.6) is 11.5 Å². The summed E-state index contributed by atoms with van der Waals surface area (Å²) in [7, 11) is -3.89. The van der Waals surface area contributed by atoms with Crippen molar-refractivity contribution in [1.29, 1.82) is 0 Å². The minimum atomic E-state index is -3.89. The van der Waals surface area contributed by atoms with Crippen molar-refractivity contribution < 1.29 is 17.3 Å². The molecule has 2 unspecified atom stereocenters. The van der Waals surface area contributed by atoms with Crippen molar-refractivity contribution in [2.75, 3.05) is 13.1 Å². The van der Waals surface area contributed by atoms with Crippen LogP contribution < -0.4 is 14.2 Å². The highest BCUT2D eigenvalue weighted by Crippen LogP contribution is 2.43. The van der Waals surface area contributed by atoms with Crippen molar-refractivity contribution in [2.45, 2.75) is 49.5 Å². The lowest BCUT2D eigenvalue weighted by Crippen LogP contribution is -2.39. The zero-order valence-corrected chi connectivity index (χ0v) is 16.7. The Bertz CT molecular complexity index is 945. The maximum atomic E-state index is 12.6. The minimum absolute atomic E-state index is 0.0356. The molecule has 0 spiro atoms. The third-order valence-corrected chi connectivity index (χ3v) is 6.57. The standard InChI is InChI=1S/C21H25NO4S/c1-21(2,3)14-4-7-16(8-5-14)27(23,24)26-15-6-9-17-18-10-11-22-13-20(18)25-19(17)12-15/h4-9,12,18,20,22H,10-11,13H2,1-3H3. The highest BCUT2D eigenvalue weighted by atomic mass is 32.2. The Morgan fingerprint density at radius 3 is 2.56 bits per heavy atom. The van der Waals surface area contributed by atoms with Crippen molar-refractivity contribution in [3.8, 4) is 11.5 Å². The van der Waals surface area contributed by atoms with Gasteiger partial charge >= 0.3 is 10.1 Å². The predicted molar refractivity (Wildman–Crippen MR) is 104 cm³/mol. The second-order valence-corrected chi connectivity index (χ2v) is 9.81. The smallest absolute Gasteiger partial charge is 0.339 e. The van der Waals surface area contributed by atoms with E-state index in [2.05, 4.69) is 26.1 Å². The van der Waals surface area contributed by atoms with Crippen LogP contribution in [0.25, 0.3) is 0 Å². The molecular formula is C21H25NO4S. The van der Waals surface area contributed by atoms with E-state index in [0.29, 0.717) is 5.92 Å². The molecule has 1 N–H and O–H groups in total. The van der Waals surface area contributed by atoms with Gasteiger partial charge < -0.3 is 14.2 Å². The van der Waals surface area contributed by atoms with E-state index < -0.39 is 10.1 Å². The number of hydrogen-bond acceptors (Lipinski definition) is 5. The topological polar surface area (TPSA) is 64.6 Å². The largest absolute Gasteiger partial charge is 0.488 e. The fraction of sp³-hybridized carbons (Fsp3) is 0.429. The van der Waals surface area contributed by atoms with Crippen LogP contribution in [0.1, 0.15) is 44.2 Å². The first-order chi connectivity index (χ1) is 12.7. The Morgan fingerprint density at radius 2 is 1.85 bits per heavy atom. The van der Waals surface area contributed by atoms with Gasteiger partial charge in [0.25, 0.3) is 0 Å². The fourth-order valence-electron chi connectivity index (χ4n) is 3.74. The van der Waals surface area contributed by atoms with Gasteiger partial charge in [0.1, 0.15) is 22.5 Å². The lowest BCUT2D eigenvalue weighted by atomic mass is 9.87. The lowest BCUT2D eigenvalue weighted by Gasteiger charge is -2.24. The van der Waals surface area contributed by atoms with E-state index in [4.69, 9.17) is 8.92 Å². The third-order valence-electron chi connectivity index (χ3n) is 5.30. The number of piperidine rings is 1. The Balaban J connectivity index is 1.55. The summed E-state index contributed by atoms with van der Waals surface area (Å²) in [6.45, 7) is 8.05. The van der Waals surface area contributed by atoms with Crippen LogP contribution in [0.2, 0.25) is 0 Å². The quantitative estimate of drug-likeness (QED) is 0.816. The number of benzene rings is 2. The van der Waals surface area contributed by atoms with Crippen LogP contribution in [-0.2, 0) is 15.5 Å². The highest BCUT2D eigenvalue weighted by Gasteiger charge is 2.36. The molecule has 2 aromatic carbocycles. The van der Waals surface area contributed by atoms with Gasteiger partial charge in [0.05, 0.1) is 0 Å². The first-order valence-corrected chi connectivity index (χ1v) is 10.7. The fourth-order valence-corrected chi connectivity index (χ4v) is 4.67. The van der Waals surface area contributed by atoms with E-state index in [-0.39, 0.29) is 22.2 Å². The highest BCUT2D eigenvalue weighted by molar-refractivity contribution is 7.87. The number of hydrogen-bond donors (Lipinski definition) is 1. The van der Waals surface area contributed by atoms with Gasteiger partial charge in [-0.25, -0.2) is 0 Å². The third kappa shape index (κ3) is 3.56. The van der Waals surface area contributed by atoms with Gasteiger partial charge in [0.2, 0.25) is 0 Å². The Labute approximate surface area is 160 Å². The molecular weight excluding hydrogens is 362 g/mol. The van der Waals surface area contributed by atoms with E-state index >= 15 is 0 Å². The van der Waals surface area contributed by atoms with Gasteiger partial charge in [-0.3, -0.25) is 0 Å². The molecule has 0 amide bonds. The molecule has 2 atom stereocenters. The molecule has 1 fully saturated rings. The van der Waals surface area contributed by atoms with Crippen LogP contribution in [0.15, 0.2) is 47.4 Å². The summed E-state index contributed by atoms with van der Waals surface area (Å²) in [5, 5.41) is 3.33. The van der Waals surface area contributed by atoms with Crippen LogP contribution in [0.4, 0.5) is 0 Å². The van der Waals surface area contributed by atoms with Crippen molar-refractivity contribution in [2.24, 2.45) is 0 Å². The number of rotatable bonds is 3. The predicted octanol–water partition coefficient (Wildman–Crippen LogP) is 3.59. The molecule has 2 aromatic rings. The Kier molecular flexibility index (Phi) is 4.43. The van der Waals surface area contributed by atoms with Crippen molar-refractivity contribution >= 4 is 10.1 Å². The SMILES string of the molecule is CC(C)(C)c1ccc(S(=O)(=O)Oc2ccc3c(c2)OC2CNCCC32)cc1.